The predicted octanol–water partition coefficient (Wildman–Crippen LogP) is 2.11. The first-order valence-electron chi connectivity index (χ1n) is 6.03. The number of carbonyl (C=O) groups is 1. The normalized spacial score (nSPS) is 12.6. The molecule has 1 amide bonds. The summed E-state index contributed by atoms with van der Waals surface area (Å²) in [5.41, 5.74) is 7.40. The summed E-state index contributed by atoms with van der Waals surface area (Å²) in [6, 6.07) is 9.14. The number of likely N-dealkylation sites (N-methyl/N-ethyl adjacent to an activating group) is 1. The molecule has 1 atom stereocenters. The van der Waals surface area contributed by atoms with E-state index in [4.69, 9.17) is 5.73 Å². The van der Waals surface area contributed by atoms with Crippen LogP contribution in [0.1, 0.15) is 22.3 Å². The lowest BCUT2D eigenvalue weighted by molar-refractivity contribution is -0.123. The van der Waals surface area contributed by atoms with E-state index < -0.39 is 6.04 Å². The van der Waals surface area contributed by atoms with Crippen LogP contribution in [0.4, 0.5) is 0 Å². The van der Waals surface area contributed by atoms with Gasteiger partial charge in [-0.05, 0) is 19.5 Å². The summed E-state index contributed by atoms with van der Waals surface area (Å²) < 4.78 is 0. The van der Waals surface area contributed by atoms with Gasteiger partial charge in [-0.1, -0.05) is 30.3 Å². The standard InChI is InChI=1S/C14H17N3OS/c1-10-16-12(9-19-10)8-17(2)13(14(15)18)11-6-4-3-5-7-11/h3-7,9,13H,8H2,1-2H3,(H2,15,18). The average Bonchev–Trinajstić information content (AvgIpc) is 2.75. The van der Waals surface area contributed by atoms with Gasteiger partial charge in [0.2, 0.25) is 5.91 Å². The molecule has 0 aliphatic carbocycles. The third-order valence-electron chi connectivity index (χ3n) is 2.90. The highest BCUT2D eigenvalue weighted by atomic mass is 32.1. The average molecular weight is 275 g/mol. The number of hydrogen-bond donors (Lipinski definition) is 1. The minimum Gasteiger partial charge on any atom is -0.368 e. The van der Waals surface area contributed by atoms with Gasteiger partial charge in [0.1, 0.15) is 6.04 Å². The number of primary amides is 1. The van der Waals surface area contributed by atoms with Crippen molar-refractivity contribution in [3.63, 3.8) is 0 Å². The minimum atomic E-state index is -0.428. The number of carbonyl (C=O) groups excluding carboxylic acids is 1. The molecule has 2 aromatic rings. The van der Waals surface area contributed by atoms with Crippen molar-refractivity contribution in [1.82, 2.24) is 9.88 Å². The Hall–Kier alpha value is -1.72. The van der Waals surface area contributed by atoms with Crippen molar-refractivity contribution >= 4 is 17.2 Å². The van der Waals surface area contributed by atoms with Crippen LogP contribution >= 0.6 is 11.3 Å². The van der Waals surface area contributed by atoms with Gasteiger partial charge in [-0.3, -0.25) is 9.69 Å². The molecule has 0 fully saturated rings. The Labute approximate surface area is 116 Å². The molecule has 1 aromatic heterocycles. The van der Waals surface area contributed by atoms with Crippen molar-refractivity contribution in [2.45, 2.75) is 19.5 Å². The van der Waals surface area contributed by atoms with Gasteiger partial charge in [0.05, 0.1) is 10.7 Å². The van der Waals surface area contributed by atoms with Crippen LogP contribution in [-0.4, -0.2) is 22.8 Å². The quantitative estimate of drug-likeness (QED) is 0.909. The summed E-state index contributed by atoms with van der Waals surface area (Å²) in [6.45, 7) is 2.57. The van der Waals surface area contributed by atoms with Crippen molar-refractivity contribution in [3.05, 3.63) is 52.0 Å². The second-order valence-corrected chi connectivity index (χ2v) is 5.55. The summed E-state index contributed by atoms with van der Waals surface area (Å²) in [6.07, 6.45) is 0. The van der Waals surface area contributed by atoms with Crippen LogP contribution in [0.3, 0.4) is 0 Å². The number of aromatic nitrogens is 1. The molecule has 1 heterocycles. The topological polar surface area (TPSA) is 59.2 Å². The van der Waals surface area contributed by atoms with Gasteiger partial charge in [0.15, 0.2) is 0 Å². The fourth-order valence-corrected chi connectivity index (χ4v) is 2.70. The van der Waals surface area contributed by atoms with Gasteiger partial charge >= 0.3 is 0 Å². The first-order chi connectivity index (χ1) is 9.08. The smallest absolute Gasteiger partial charge is 0.239 e. The van der Waals surface area contributed by atoms with Crippen molar-refractivity contribution in [3.8, 4) is 0 Å². The lowest BCUT2D eigenvalue weighted by Crippen LogP contribution is -2.35. The zero-order valence-corrected chi connectivity index (χ0v) is 11.9. The molecule has 0 saturated heterocycles. The summed E-state index contributed by atoms with van der Waals surface area (Å²) in [5.74, 6) is -0.347. The molecule has 0 saturated carbocycles. The van der Waals surface area contributed by atoms with Crippen LogP contribution in [0.25, 0.3) is 0 Å². The van der Waals surface area contributed by atoms with Crippen LogP contribution in [0.15, 0.2) is 35.7 Å². The van der Waals surface area contributed by atoms with Gasteiger partial charge in [-0.15, -0.1) is 11.3 Å². The summed E-state index contributed by atoms with van der Waals surface area (Å²) >= 11 is 1.61. The van der Waals surface area contributed by atoms with E-state index in [9.17, 15) is 4.79 Å². The lowest BCUT2D eigenvalue weighted by Gasteiger charge is -2.25. The highest BCUT2D eigenvalue weighted by Crippen LogP contribution is 2.21. The van der Waals surface area contributed by atoms with Gasteiger partial charge in [-0.2, -0.15) is 0 Å². The number of aryl methyl sites for hydroxylation is 1. The molecular formula is C14H17N3OS. The van der Waals surface area contributed by atoms with E-state index in [0.29, 0.717) is 6.54 Å². The molecule has 0 radical (unpaired) electrons. The number of amides is 1. The second-order valence-electron chi connectivity index (χ2n) is 4.49. The number of thiazole rings is 1. The minimum absolute atomic E-state index is 0.347. The highest BCUT2D eigenvalue weighted by molar-refractivity contribution is 7.09. The highest BCUT2D eigenvalue weighted by Gasteiger charge is 2.23. The Bertz CT molecular complexity index is 553. The fourth-order valence-electron chi connectivity index (χ4n) is 2.10. The first-order valence-corrected chi connectivity index (χ1v) is 6.91. The van der Waals surface area contributed by atoms with E-state index in [-0.39, 0.29) is 5.91 Å². The fraction of sp³-hybridized carbons (Fsp3) is 0.286. The van der Waals surface area contributed by atoms with Gasteiger partial charge < -0.3 is 5.73 Å². The Balaban J connectivity index is 2.18. The molecule has 0 aliphatic heterocycles. The maximum absolute atomic E-state index is 11.7. The van der Waals surface area contributed by atoms with Crippen LogP contribution in [0.2, 0.25) is 0 Å². The predicted molar refractivity (Wildman–Crippen MR) is 76.7 cm³/mol. The Kier molecular flexibility index (Phi) is 4.29. The largest absolute Gasteiger partial charge is 0.368 e. The molecule has 2 rings (SSSR count). The molecule has 100 valence electrons. The zero-order chi connectivity index (χ0) is 13.8. The van der Waals surface area contributed by atoms with E-state index in [1.165, 1.54) is 0 Å². The van der Waals surface area contributed by atoms with Crippen LogP contribution in [-0.2, 0) is 11.3 Å². The summed E-state index contributed by atoms with van der Waals surface area (Å²) in [4.78, 5) is 18.0. The Morgan fingerprint density at radius 2 is 2.11 bits per heavy atom. The van der Waals surface area contributed by atoms with Gasteiger partial charge in [-0.25, -0.2) is 4.98 Å². The number of hydrogen-bond acceptors (Lipinski definition) is 4. The molecule has 0 spiro atoms. The molecule has 5 heteroatoms. The van der Waals surface area contributed by atoms with Crippen molar-refractivity contribution in [2.24, 2.45) is 5.73 Å². The van der Waals surface area contributed by atoms with E-state index in [1.807, 2.05) is 54.6 Å². The number of benzene rings is 1. The molecule has 0 aliphatic rings. The number of nitrogens with zero attached hydrogens (tertiary/aromatic N) is 2. The zero-order valence-electron chi connectivity index (χ0n) is 11.0. The van der Waals surface area contributed by atoms with Gasteiger partial charge in [0.25, 0.3) is 0 Å². The van der Waals surface area contributed by atoms with Crippen molar-refractivity contribution < 1.29 is 4.79 Å². The summed E-state index contributed by atoms with van der Waals surface area (Å²) in [5, 5.41) is 3.04. The van der Waals surface area contributed by atoms with E-state index in [1.54, 1.807) is 11.3 Å². The maximum atomic E-state index is 11.7. The molecule has 0 bridgehead atoms. The first kappa shape index (κ1) is 13.7. The summed E-state index contributed by atoms with van der Waals surface area (Å²) in [7, 11) is 1.89. The maximum Gasteiger partial charge on any atom is 0.239 e. The van der Waals surface area contributed by atoms with Crippen molar-refractivity contribution in [1.29, 1.82) is 0 Å². The third-order valence-corrected chi connectivity index (χ3v) is 3.73. The van der Waals surface area contributed by atoms with E-state index in [2.05, 4.69) is 4.98 Å². The van der Waals surface area contributed by atoms with Crippen LogP contribution < -0.4 is 5.73 Å². The third kappa shape index (κ3) is 3.39. The Morgan fingerprint density at radius 3 is 2.63 bits per heavy atom. The number of nitrogens with two attached hydrogens (primary N) is 1. The molecule has 1 unspecified atom stereocenters. The Morgan fingerprint density at radius 1 is 1.42 bits per heavy atom. The van der Waals surface area contributed by atoms with E-state index >= 15 is 0 Å². The monoisotopic (exact) mass is 275 g/mol. The molecule has 1 aromatic carbocycles. The van der Waals surface area contributed by atoms with E-state index in [0.717, 1.165) is 16.3 Å². The number of rotatable bonds is 5. The van der Waals surface area contributed by atoms with Gasteiger partial charge in [0, 0.05) is 11.9 Å². The lowest BCUT2D eigenvalue weighted by atomic mass is 10.1. The SMILES string of the molecule is Cc1nc(CN(C)C(C(N)=O)c2ccccc2)cs1. The van der Waals surface area contributed by atoms with Crippen molar-refractivity contribution in [2.75, 3.05) is 7.05 Å². The van der Waals surface area contributed by atoms with Crippen LogP contribution in [0, 0.1) is 6.92 Å². The molecule has 2 N–H and O–H groups in total. The molecular weight excluding hydrogens is 258 g/mol. The second kappa shape index (κ2) is 5.95. The van der Waals surface area contributed by atoms with Crippen LogP contribution in [0.5, 0.6) is 0 Å². The molecule has 19 heavy (non-hydrogen) atoms. The molecule has 4 nitrogen and oxygen atoms in total.